The third-order valence-corrected chi connectivity index (χ3v) is 5.82. The largest absolute Gasteiger partial charge is 0.356 e. The number of aliphatic imine (C=N–C) groups is 1. The average molecular weight is 524 g/mol. The van der Waals surface area contributed by atoms with E-state index in [-0.39, 0.29) is 24.0 Å². The second-order valence-electron chi connectivity index (χ2n) is 7.95. The van der Waals surface area contributed by atoms with Gasteiger partial charge in [0.2, 0.25) is 0 Å². The van der Waals surface area contributed by atoms with Gasteiger partial charge >= 0.3 is 0 Å². The van der Waals surface area contributed by atoms with Crippen molar-refractivity contribution in [3.05, 3.63) is 53.9 Å². The zero-order valence-corrected chi connectivity index (χ0v) is 20.7. The zero-order valence-electron chi connectivity index (χ0n) is 18.4. The first kappa shape index (κ1) is 24.7. The van der Waals surface area contributed by atoms with Gasteiger partial charge in [-0.3, -0.25) is 14.6 Å². The number of guanidine groups is 1. The minimum Gasteiger partial charge on any atom is -0.356 e. The number of nitrogens with zero attached hydrogens (tertiary/aromatic N) is 4. The monoisotopic (exact) mass is 524 g/mol. The van der Waals surface area contributed by atoms with E-state index in [4.69, 9.17) is 0 Å². The Labute approximate surface area is 198 Å². The highest BCUT2D eigenvalue weighted by molar-refractivity contribution is 14.0. The van der Waals surface area contributed by atoms with Crippen LogP contribution in [0.1, 0.15) is 49.7 Å². The van der Waals surface area contributed by atoms with Crippen molar-refractivity contribution in [3.8, 4) is 0 Å². The summed E-state index contributed by atoms with van der Waals surface area (Å²) in [5.74, 6) is 0.848. The van der Waals surface area contributed by atoms with Crippen molar-refractivity contribution in [3.63, 3.8) is 0 Å². The van der Waals surface area contributed by atoms with Gasteiger partial charge in [0.15, 0.2) is 5.96 Å². The molecule has 1 aliphatic carbocycles. The smallest absolute Gasteiger partial charge is 0.191 e. The van der Waals surface area contributed by atoms with Crippen LogP contribution in [0.5, 0.6) is 0 Å². The van der Waals surface area contributed by atoms with Gasteiger partial charge in [-0.1, -0.05) is 43.5 Å². The molecule has 6 nitrogen and oxygen atoms in total. The quantitative estimate of drug-likeness (QED) is 0.225. The number of halogens is 1. The molecule has 3 rings (SSSR count). The highest BCUT2D eigenvalue weighted by Gasteiger charge is 2.18. The number of rotatable bonds is 9. The molecule has 2 N–H and O–H groups in total. The molecule has 0 aliphatic heterocycles. The lowest BCUT2D eigenvalue weighted by atomic mass is 9.94. The maximum Gasteiger partial charge on any atom is 0.191 e. The molecule has 1 saturated carbocycles. The van der Waals surface area contributed by atoms with Crippen LogP contribution < -0.4 is 10.6 Å². The second-order valence-corrected chi connectivity index (χ2v) is 7.95. The summed E-state index contributed by atoms with van der Waals surface area (Å²) >= 11 is 0. The fourth-order valence-corrected chi connectivity index (χ4v) is 4.08. The first-order chi connectivity index (χ1) is 14.3. The normalized spacial score (nSPS) is 15.1. The van der Waals surface area contributed by atoms with Crippen LogP contribution in [0.2, 0.25) is 0 Å². The molecule has 0 bridgehead atoms. The van der Waals surface area contributed by atoms with Crippen LogP contribution >= 0.6 is 24.0 Å². The number of aromatic nitrogens is 2. The van der Waals surface area contributed by atoms with Crippen LogP contribution in [0.25, 0.3) is 0 Å². The number of nitrogens with one attached hydrogen (secondary N) is 2. The Kier molecular flexibility index (Phi) is 11.2. The van der Waals surface area contributed by atoms with E-state index in [2.05, 4.69) is 56.9 Å². The highest BCUT2D eigenvalue weighted by atomic mass is 127. The molecule has 166 valence electrons. The summed E-state index contributed by atoms with van der Waals surface area (Å²) in [6.45, 7) is 3.57. The maximum atomic E-state index is 4.36. The van der Waals surface area contributed by atoms with Gasteiger partial charge < -0.3 is 10.6 Å². The predicted octanol–water partition coefficient (Wildman–Crippen LogP) is 4.02. The minimum absolute atomic E-state index is 0. The van der Waals surface area contributed by atoms with E-state index < -0.39 is 0 Å². The number of hydrogen-bond acceptors (Lipinski definition) is 3. The molecular formula is C23H37IN6. The van der Waals surface area contributed by atoms with E-state index in [1.165, 1.54) is 43.2 Å². The van der Waals surface area contributed by atoms with Crippen LogP contribution in [0, 0.1) is 0 Å². The minimum atomic E-state index is 0. The lowest BCUT2D eigenvalue weighted by Crippen LogP contribution is -2.38. The lowest BCUT2D eigenvalue weighted by molar-refractivity contribution is 0.184. The summed E-state index contributed by atoms with van der Waals surface area (Å²) < 4.78 is 1.96. The van der Waals surface area contributed by atoms with Crippen LogP contribution in [0.3, 0.4) is 0 Å². The predicted molar refractivity (Wildman–Crippen MR) is 135 cm³/mol. The molecule has 0 unspecified atom stereocenters. The second kappa shape index (κ2) is 13.6. The summed E-state index contributed by atoms with van der Waals surface area (Å²) in [6.07, 6.45) is 11.6. The van der Waals surface area contributed by atoms with E-state index in [1.54, 1.807) is 0 Å². The Hall–Kier alpha value is -1.61. The van der Waals surface area contributed by atoms with Crippen molar-refractivity contribution in [2.75, 3.05) is 20.6 Å². The highest BCUT2D eigenvalue weighted by Crippen LogP contribution is 2.23. The molecule has 0 radical (unpaired) electrons. The molecule has 30 heavy (non-hydrogen) atoms. The maximum absolute atomic E-state index is 4.36. The third-order valence-electron chi connectivity index (χ3n) is 5.82. The summed E-state index contributed by atoms with van der Waals surface area (Å²) in [7, 11) is 4.10. The number of benzene rings is 1. The lowest BCUT2D eigenvalue weighted by Gasteiger charge is -2.31. The summed E-state index contributed by atoms with van der Waals surface area (Å²) in [5, 5.41) is 11.1. The summed E-state index contributed by atoms with van der Waals surface area (Å²) in [5.41, 5.74) is 2.75. The average Bonchev–Trinajstić information content (AvgIpc) is 3.28. The van der Waals surface area contributed by atoms with Crippen LogP contribution in [-0.2, 0) is 19.6 Å². The first-order valence-corrected chi connectivity index (χ1v) is 10.9. The SMILES string of the molecule is CN=C(NCCCn1cccn1)NCc1ccccc1CN(C)C1CCCCC1.I. The van der Waals surface area contributed by atoms with Gasteiger partial charge in [-0.25, -0.2) is 0 Å². The van der Waals surface area contributed by atoms with Crippen LogP contribution in [0.4, 0.5) is 0 Å². The summed E-state index contributed by atoms with van der Waals surface area (Å²) in [6, 6.07) is 11.4. The van der Waals surface area contributed by atoms with E-state index >= 15 is 0 Å². The Bertz CT molecular complexity index is 740. The van der Waals surface area contributed by atoms with Crippen molar-refractivity contribution < 1.29 is 0 Å². The molecule has 0 atom stereocenters. The van der Waals surface area contributed by atoms with Crippen molar-refractivity contribution in [1.82, 2.24) is 25.3 Å². The molecule has 1 aromatic carbocycles. The Morgan fingerprint density at radius 3 is 2.60 bits per heavy atom. The van der Waals surface area contributed by atoms with Gasteiger partial charge in [0.1, 0.15) is 0 Å². The topological polar surface area (TPSA) is 57.5 Å². The molecule has 0 spiro atoms. The van der Waals surface area contributed by atoms with Crippen molar-refractivity contribution >= 4 is 29.9 Å². The van der Waals surface area contributed by atoms with E-state index in [9.17, 15) is 0 Å². The molecule has 1 fully saturated rings. The Morgan fingerprint density at radius 1 is 1.13 bits per heavy atom. The molecule has 1 heterocycles. The van der Waals surface area contributed by atoms with Crippen molar-refractivity contribution in [2.45, 2.75) is 64.2 Å². The van der Waals surface area contributed by atoms with Crippen molar-refractivity contribution in [1.29, 1.82) is 0 Å². The first-order valence-electron chi connectivity index (χ1n) is 10.9. The molecule has 0 amide bonds. The molecule has 2 aromatic rings. The van der Waals surface area contributed by atoms with Crippen molar-refractivity contribution in [2.24, 2.45) is 4.99 Å². The van der Waals surface area contributed by atoms with E-state index in [0.717, 1.165) is 44.6 Å². The molecule has 7 heteroatoms. The van der Waals surface area contributed by atoms with Gasteiger partial charge in [-0.05, 0) is 43.5 Å². The van der Waals surface area contributed by atoms with Crippen LogP contribution in [-0.4, -0.2) is 47.3 Å². The van der Waals surface area contributed by atoms with Gasteiger partial charge in [0, 0.05) is 51.7 Å². The summed E-state index contributed by atoms with van der Waals surface area (Å²) in [4.78, 5) is 6.91. The van der Waals surface area contributed by atoms with E-state index in [1.807, 2.05) is 30.2 Å². The van der Waals surface area contributed by atoms with E-state index in [0.29, 0.717) is 0 Å². The zero-order chi connectivity index (χ0) is 20.3. The van der Waals surface area contributed by atoms with Gasteiger partial charge in [-0.2, -0.15) is 5.10 Å². The molecule has 1 aromatic heterocycles. The third kappa shape index (κ3) is 7.91. The van der Waals surface area contributed by atoms with Gasteiger partial charge in [-0.15, -0.1) is 24.0 Å². The van der Waals surface area contributed by atoms with Crippen LogP contribution in [0.15, 0.2) is 47.7 Å². The molecule has 1 aliphatic rings. The Balaban J connectivity index is 0.00000320. The number of hydrogen-bond donors (Lipinski definition) is 2. The fraction of sp³-hybridized carbons (Fsp3) is 0.565. The fourth-order valence-electron chi connectivity index (χ4n) is 4.08. The molecular weight excluding hydrogens is 487 g/mol. The van der Waals surface area contributed by atoms with Gasteiger partial charge in [0.05, 0.1) is 0 Å². The standard InChI is InChI=1S/C23H36N6.HI/c1-24-23(25-14-8-16-29-17-9-15-27-29)26-18-20-10-6-7-11-21(20)19-28(2)22-12-4-3-5-13-22;/h6-7,9-11,15,17,22H,3-5,8,12-14,16,18-19H2,1-2H3,(H2,24,25,26);1H. The Morgan fingerprint density at radius 2 is 1.90 bits per heavy atom. The molecule has 0 saturated heterocycles. The van der Waals surface area contributed by atoms with Gasteiger partial charge in [0.25, 0.3) is 0 Å². The number of aryl methyl sites for hydroxylation is 1.